The standard InChI is InChI=1S/C4H8B2/c1-4-3-6(2)5-4/h3H2,1-2H3. The van der Waals surface area contributed by atoms with Crippen molar-refractivity contribution < 1.29 is 0 Å². The van der Waals surface area contributed by atoms with Gasteiger partial charge < -0.3 is 0 Å². The van der Waals surface area contributed by atoms with Crippen LogP contribution in [0.25, 0.3) is 0 Å². The van der Waals surface area contributed by atoms with E-state index < -0.39 is 0 Å². The Morgan fingerprint density at radius 1 is 1.83 bits per heavy atom. The van der Waals surface area contributed by atoms with E-state index in [2.05, 4.69) is 20.6 Å². The molecule has 0 aromatic heterocycles. The van der Waals surface area contributed by atoms with E-state index in [-0.39, 0.29) is 0 Å². The first kappa shape index (κ1) is 4.17. The molecular weight excluding hydrogens is 69.7 g/mol. The minimum absolute atomic E-state index is 0.880. The van der Waals surface area contributed by atoms with Crippen molar-refractivity contribution in [1.82, 2.24) is 0 Å². The summed E-state index contributed by atoms with van der Waals surface area (Å²) in [6.45, 7) is 7.61. The van der Waals surface area contributed by atoms with Crippen LogP contribution < -0.4 is 0 Å². The van der Waals surface area contributed by atoms with Crippen molar-refractivity contribution in [3.05, 3.63) is 0 Å². The molecule has 2 heteroatoms. The SMILES string of the molecule is CB1B=C(C)C1. The molecule has 0 radical (unpaired) electrons. The molecule has 1 aliphatic heterocycles. The summed E-state index contributed by atoms with van der Waals surface area (Å²) < 4.78 is 0. The Kier molecular flexibility index (Phi) is 0.868. The first-order valence-electron chi connectivity index (χ1n) is 2.46. The van der Waals surface area contributed by atoms with Crippen LogP contribution in [0.15, 0.2) is 0 Å². The fourth-order valence-electron chi connectivity index (χ4n) is 0.960. The molecule has 0 unspecified atom stereocenters. The van der Waals surface area contributed by atoms with Crippen LogP contribution in [0.1, 0.15) is 6.92 Å². The van der Waals surface area contributed by atoms with Crippen molar-refractivity contribution >= 4 is 18.9 Å². The number of hydrogen-bond acceptors (Lipinski definition) is 0. The molecule has 0 nitrogen and oxygen atoms in total. The van der Waals surface area contributed by atoms with E-state index in [9.17, 15) is 0 Å². The molecule has 0 aliphatic carbocycles. The third-order valence-corrected chi connectivity index (χ3v) is 1.21. The Balaban J connectivity index is 2.46. The van der Waals surface area contributed by atoms with Crippen molar-refractivity contribution in [3.8, 4) is 0 Å². The van der Waals surface area contributed by atoms with Crippen molar-refractivity contribution in [2.24, 2.45) is 0 Å². The van der Waals surface area contributed by atoms with E-state index >= 15 is 0 Å². The molecule has 30 valence electrons. The quantitative estimate of drug-likeness (QED) is 0.370. The van der Waals surface area contributed by atoms with Crippen LogP contribution in [-0.4, -0.2) is 18.9 Å². The fourth-order valence-corrected chi connectivity index (χ4v) is 0.960. The second kappa shape index (κ2) is 1.25. The van der Waals surface area contributed by atoms with E-state index in [0.29, 0.717) is 0 Å². The van der Waals surface area contributed by atoms with Gasteiger partial charge in [0, 0.05) is 0 Å². The molecule has 0 saturated carbocycles. The van der Waals surface area contributed by atoms with Gasteiger partial charge in [-0.25, -0.2) is 0 Å². The third-order valence-electron chi connectivity index (χ3n) is 1.21. The maximum absolute atomic E-state index is 2.31. The fraction of sp³-hybridized carbons (Fsp3) is 0.750. The van der Waals surface area contributed by atoms with Gasteiger partial charge in [0.2, 0.25) is 0 Å². The Bertz CT molecular complexity index is 85.5. The van der Waals surface area contributed by atoms with Crippen molar-refractivity contribution in [1.29, 1.82) is 0 Å². The third kappa shape index (κ3) is 0.562. The van der Waals surface area contributed by atoms with Crippen LogP contribution in [0.4, 0.5) is 0 Å². The van der Waals surface area contributed by atoms with Gasteiger partial charge in [-0.1, -0.05) is 0 Å². The van der Waals surface area contributed by atoms with Crippen LogP contribution in [0.3, 0.4) is 0 Å². The molecule has 1 aliphatic rings. The second-order valence-electron chi connectivity index (χ2n) is 2.19. The van der Waals surface area contributed by atoms with Gasteiger partial charge in [-0.05, 0) is 0 Å². The molecule has 0 fully saturated rings. The van der Waals surface area contributed by atoms with E-state index in [4.69, 9.17) is 0 Å². The average molecular weight is 77.7 g/mol. The van der Waals surface area contributed by atoms with Crippen LogP contribution in [-0.2, 0) is 0 Å². The number of hydrogen-bond donors (Lipinski definition) is 0. The molecule has 0 saturated heterocycles. The first-order chi connectivity index (χ1) is 2.79. The minimum atomic E-state index is 0.880. The monoisotopic (exact) mass is 78.1 g/mol. The molecule has 1 rings (SSSR count). The van der Waals surface area contributed by atoms with Crippen molar-refractivity contribution in [2.75, 3.05) is 0 Å². The van der Waals surface area contributed by atoms with Gasteiger partial charge in [0.05, 0.1) is 0 Å². The molecular formula is C4H8B2. The van der Waals surface area contributed by atoms with E-state index in [1.165, 1.54) is 6.32 Å². The van der Waals surface area contributed by atoms with E-state index in [1.54, 1.807) is 5.46 Å². The Morgan fingerprint density at radius 3 is 2.33 bits per heavy atom. The summed E-state index contributed by atoms with van der Waals surface area (Å²) in [5, 5.41) is 0. The summed E-state index contributed by atoms with van der Waals surface area (Å²) >= 11 is 0. The summed E-state index contributed by atoms with van der Waals surface area (Å²) in [5.74, 6) is 0. The van der Waals surface area contributed by atoms with E-state index in [1.807, 2.05) is 0 Å². The second-order valence-corrected chi connectivity index (χ2v) is 2.19. The molecule has 0 bridgehead atoms. The molecule has 0 aromatic carbocycles. The maximum atomic E-state index is 2.31. The van der Waals surface area contributed by atoms with Crippen LogP contribution in [0.5, 0.6) is 0 Å². The van der Waals surface area contributed by atoms with Gasteiger partial charge >= 0.3 is 38.9 Å². The molecule has 0 amide bonds. The Labute approximate surface area is 39.9 Å². The molecule has 6 heavy (non-hydrogen) atoms. The normalized spacial score (nSPS) is 18.3. The molecule has 1 heterocycles. The summed E-state index contributed by atoms with van der Waals surface area (Å²) in [7, 11) is 0. The molecule has 0 N–H and O–H groups in total. The summed E-state index contributed by atoms with van der Waals surface area (Å²) in [6, 6.07) is 0. The molecule has 0 spiro atoms. The number of rotatable bonds is 0. The Morgan fingerprint density at radius 2 is 2.33 bits per heavy atom. The van der Waals surface area contributed by atoms with Gasteiger partial charge in [0.25, 0.3) is 0 Å². The van der Waals surface area contributed by atoms with Crippen molar-refractivity contribution in [2.45, 2.75) is 20.1 Å². The van der Waals surface area contributed by atoms with Crippen molar-refractivity contribution in [3.63, 3.8) is 0 Å². The molecule has 0 aromatic rings. The predicted molar refractivity (Wildman–Crippen MR) is 32.9 cm³/mol. The zero-order valence-corrected chi connectivity index (χ0v) is 4.36. The van der Waals surface area contributed by atoms with Crippen LogP contribution in [0, 0.1) is 0 Å². The first-order valence-corrected chi connectivity index (χ1v) is 2.46. The van der Waals surface area contributed by atoms with E-state index in [0.717, 1.165) is 6.60 Å². The van der Waals surface area contributed by atoms with Gasteiger partial charge in [-0.15, -0.1) is 0 Å². The van der Waals surface area contributed by atoms with Gasteiger partial charge in [0.1, 0.15) is 0 Å². The van der Waals surface area contributed by atoms with Gasteiger partial charge in [-0.2, -0.15) is 0 Å². The Hall–Kier alpha value is -0.000130. The van der Waals surface area contributed by atoms with Gasteiger partial charge in [0.15, 0.2) is 0 Å². The zero-order valence-electron chi connectivity index (χ0n) is 4.36. The average Bonchev–Trinajstić information content (AvgIpc) is 1.33. The van der Waals surface area contributed by atoms with Gasteiger partial charge in [-0.3, -0.25) is 0 Å². The topological polar surface area (TPSA) is 0 Å². The summed E-state index contributed by atoms with van der Waals surface area (Å²) in [4.78, 5) is 0. The predicted octanol–water partition coefficient (Wildman–Crippen LogP) is 0.518. The van der Waals surface area contributed by atoms with Crippen LogP contribution in [0.2, 0.25) is 13.1 Å². The summed E-state index contributed by atoms with van der Waals surface area (Å²) in [5.41, 5.74) is 1.56. The zero-order chi connectivity index (χ0) is 4.57. The molecule has 0 atom stereocenters. The summed E-state index contributed by atoms with van der Waals surface area (Å²) in [6.07, 6.45) is 1.33. The van der Waals surface area contributed by atoms with Crippen LogP contribution >= 0.6 is 0 Å².